The van der Waals surface area contributed by atoms with Crippen LogP contribution in [0.2, 0.25) is 0 Å². The molecule has 3 N–H and O–H groups in total. The Hall–Kier alpha value is -2.65. The van der Waals surface area contributed by atoms with Crippen LogP contribution in [0.15, 0.2) is 18.2 Å². The molecule has 2 rings (SSSR count). The molecule has 0 bridgehead atoms. The number of rotatable bonds is 2. The molecule has 0 aliphatic heterocycles. The number of hydrogen-bond donors (Lipinski definition) is 3. The maximum atomic E-state index is 13.8. The van der Waals surface area contributed by atoms with Gasteiger partial charge in [-0.25, -0.2) is 4.39 Å². The van der Waals surface area contributed by atoms with E-state index in [0.29, 0.717) is 11.4 Å². The minimum atomic E-state index is -0.607. The van der Waals surface area contributed by atoms with Crippen molar-refractivity contribution >= 4 is 11.6 Å². The summed E-state index contributed by atoms with van der Waals surface area (Å²) < 4.78 is 13.8. The van der Waals surface area contributed by atoms with Crippen LogP contribution in [0.3, 0.4) is 0 Å². The number of benzene rings is 1. The first-order valence-electron chi connectivity index (χ1n) is 6.25. The van der Waals surface area contributed by atoms with E-state index in [0.717, 1.165) is 11.8 Å². The molecule has 2 aromatic rings. The van der Waals surface area contributed by atoms with Crippen molar-refractivity contribution in [1.29, 1.82) is 0 Å². The summed E-state index contributed by atoms with van der Waals surface area (Å²) in [5.74, 6) is 3.79. The predicted molar refractivity (Wildman–Crippen MR) is 76.4 cm³/mol. The first-order chi connectivity index (χ1) is 10.0. The molecule has 0 spiro atoms. The Balaban J connectivity index is 2.22. The molecule has 0 aliphatic rings. The Bertz CT molecular complexity index is 722. The molecule has 0 saturated heterocycles. The minimum absolute atomic E-state index is 0.135. The molecule has 5 nitrogen and oxygen atoms in total. The van der Waals surface area contributed by atoms with Crippen LogP contribution in [0.25, 0.3) is 0 Å². The lowest BCUT2D eigenvalue weighted by Crippen LogP contribution is -2.13. The van der Waals surface area contributed by atoms with Gasteiger partial charge in [-0.05, 0) is 32.0 Å². The number of aromatic amines is 1. The fraction of sp³-hybridized carbons (Fsp3) is 0.200. The van der Waals surface area contributed by atoms with Crippen molar-refractivity contribution < 1.29 is 14.3 Å². The first-order valence-corrected chi connectivity index (χ1v) is 6.25. The number of aliphatic hydroxyl groups excluding tert-OH is 1. The van der Waals surface area contributed by atoms with Gasteiger partial charge >= 0.3 is 0 Å². The zero-order valence-electron chi connectivity index (χ0n) is 11.6. The second-order valence-corrected chi connectivity index (χ2v) is 4.42. The standard InChI is InChI=1S/C15H14FN3O2/c1-9-14(10(2)19-18-9)17-15(21)12-6-5-11(4-3-7-20)13(16)8-12/h5-6,8,20H,7H2,1-2H3,(H,17,21)(H,18,19). The molecule has 0 fully saturated rings. The largest absolute Gasteiger partial charge is 0.384 e. The molecule has 1 aromatic heterocycles. The van der Waals surface area contributed by atoms with Crippen LogP contribution in [-0.2, 0) is 0 Å². The zero-order valence-corrected chi connectivity index (χ0v) is 11.6. The van der Waals surface area contributed by atoms with Gasteiger partial charge in [-0.15, -0.1) is 0 Å². The topological polar surface area (TPSA) is 78.0 Å². The highest BCUT2D eigenvalue weighted by Crippen LogP contribution is 2.18. The van der Waals surface area contributed by atoms with Gasteiger partial charge in [0.05, 0.1) is 22.6 Å². The Morgan fingerprint density at radius 1 is 1.48 bits per heavy atom. The lowest BCUT2D eigenvalue weighted by molar-refractivity contribution is 0.102. The number of amides is 1. The molecule has 0 unspecified atom stereocenters. The Kier molecular flexibility index (Phi) is 4.36. The van der Waals surface area contributed by atoms with Crippen molar-refractivity contribution in [3.63, 3.8) is 0 Å². The zero-order chi connectivity index (χ0) is 15.4. The number of halogens is 1. The van der Waals surface area contributed by atoms with E-state index in [1.165, 1.54) is 12.1 Å². The SMILES string of the molecule is Cc1n[nH]c(C)c1NC(=O)c1ccc(C#CCO)c(F)c1. The number of hydrogen-bond acceptors (Lipinski definition) is 3. The molecule has 0 aliphatic carbocycles. The number of carbonyl (C=O) groups excluding carboxylic acids is 1. The number of carbonyl (C=O) groups is 1. The van der Waals surface area contributed by atoms with Gasteiger partial charge in [-0.3, -0.25) is 9.89 Å². The van der Waals surface area contributed by atoms with E-state index in [9.17, 15) is 9.18 Å². The maximum Gasteiger partial charge on any atom is 0.255 e. The number of aryl methyl sites for hydroxylation is 2. The van der Waals surface area contributed by atoms with Gasteiger partial charge in [0.2, 0.25) is 0 Å². The number of anilines is 1. The summed E-state index contributed by atoms with van der Waals surface area (Å²) >= 11 is 0. The molecule has 0 atom stereocenters. The highest BCUT2D eigenvalue weighted by molar-refractivity contribution is 6.04. The van der Waals surface area contributed by atoms with Crippen molar-refractivity contribution in [3.8, 4) is 11.8 Å². The summed E-state index contributed by atoms with van der Waals surface area (Å²) in [5, 5.41) is 18.0. The fourth-order valence-corrected chi connectivity index (χ4v) is 1.81. The van der Waals surface area contributed by atoms with E-state index in [-0.39, 0.29) is 17.7 Å². The highest BCUT2D eigenvalue weighted by atomic mass is 19.1. The van der Waals surface area contributed by atoms with Crippen LogP contribution in [0.4, 0.5) is 10.1 Å². The molecule has 0 radical (unpaired) electrons. The van der Waals surface area contributed by atoms with Crippen LogP contribution in [0.1, 0.15) is 27.3 Å². The Morgan fingerprint density at radius 2 is 2.24 bits per heavy atom. The quantitative estimate of drug-likeness (QED) is 0.736. The summed E-state index contributed by atoms with van der Waals surface area (Å²) in [6.45, 7) is 3.19. The van der Waals surface area contributed by atoms with Crippen LogP contribution in [0.5, 0.6) is 0 Å². The van der Waals surface area contributed by atoms with E-state index in [1.807, 2.05) is 0 Å². The summed E-state index contributed by atoms with van der Waals surface area (Å²) in [7, 11) is 0. The van der Waals surface area contributed by atoms with E-state index in [2.05, 4.69) is 27.4 Å². The van der Waals surface area contributed by atoms with Crippen molar-refractivity contribution in [1.82, 2.24) is 10.2 Å². The third-order valence-electron chi connectivity index (χ3n) is 2.90. The molecule has 1 heterocycles. The molecule has 6 heteroatoms. The van der Waals surface area contributed by atoms with E-state index < -0.39 is 11.7 Å². The first kappa shape index (κ1) is 14.8. The Morgan fingerprint density at radius 3 is 2.81 bits per heavy atom. The second-order valence-electron chi connectivity index (χ2n) is 4.42. The summed E-state index contributed by atoms with van der Waals surface area (Å²) in [6, 6.07) is 3.99. The molecule has 108 valence electrons. The van der Waals surface area contributed by atoms with Gasteiger partial charge < -0.3 is 10.4 Å². The van der Waals surface area contributed by atoms with Crippen molar-refractivity contribution in [2.45, 2.75) is 13.8 Å². The van der Waals surface area contributed by atoms with Gasteiger partial charge in [0.15, 0.2) is 0 Å². The van der Waals surface area contributed by atoms with E-state index in [1.54, 1.807) is 13.8 Å². The van der Waals surface area contributed by atoms with Gasteiger partial charge in [-0.2, -0.15) is 5.10 Å². The molecular formula is C15H14FN3O2. The number of nitrogens with zero attached hydrogens (tertiary/aromatic N) is 1. The summed E-state index contributed by atoms with van der Waals surface area (Å²) in [5.41, 5.74) is 2.29. The normalized spacial score (nSPS) is 9.90. The Labute approximate surface area is 121 Å². The third kappa shape index (κ3) is 3.27. The number of H-pyrrole nitrogens is 1. The van der Waals surface area contributed by atoms with Gasteiger partial charge in [0, 0.05) is 5.56 Å². The second kappa shape index (κ2) is 6.20. The summed E-state index contributed by atoms with van der Waals surface area (Å²) in [4.78, 5) is 12.1. The van der Waals surface area contributed by atoms with Crippen molar-refractivity contribution in [3.05, 3.63) is 46.5 Å². The average molecular weight is 287 g/mol. The van der Waals surface area contributed by atoms with E-state index >= 15 is 0 Å². The summed E-state index contributed by atoms with van der Waals surface area (Å²) in [6.07, 6.45) is 0. The molecule has 21 heavy (non-hydrogen) atoms. The maximum absolute atomic E-state index is 13.8. The number of aromatic nitrogens is 2. The predicted octanol–water partition coefficient (Wildman–Crippen LogP) is 1.76. The lowest BCUT2D eigenvalue weighted by atomic mass is 10.1. The molecule has 1 amide bonds. The van der Waals surface area contributed by atoms with E-state index in [4.69, 9.17) is 5.11 Å². The van der Waals surface area contributed by atoms with Crippen molar-refractivity contribution in [2.24, 2.45) is 0 Å². The third-order valence-corrected chi connectivity index (χ3v) is 2.90. The van der Waals surface area contributed by atoms with Gasteiger partial charge in [-0.1, -0.05) is 11.8 Å². The van der Waals surface area contributed by atoms with Crippen LogP contribution >= 0.6 is 0 Å². The fourth-order valence-electron chi connectivity index (χ4n) is 1.81. The highest BCUT2D eigenvalue weighted by Gasteiger charge is 2.13. The number of nitrogens with one attached hydrogen (secondary N) is 2. The van der Waals surface area contributed by atoms with Crippen LogP contribution in [-0.4, -0.2) is 27.8 Å². The number of aliphatic hydroxyl groups is 1. The van der Waals surface area contributed by atoms with Gasteiger partial charge in [0.1, 0.15) is 12.4 Å². The molecule has 1 aromatic carbocycles. The van der Waals surface area contributed by atoms with Gasteiger partial charge in [0.25, 0.3) is 5.91 Å². The lowest BCUT2D eigenvalue weighted by Gasteiger charge is -2.06. The average Bonchev–Trinajstić information content (AvgIpc) is 2.77. The minimum Gasteiger partial charge on any atom is -0.384 e. The molecule has 0 saturated carbocycles. The van der Waals surface area contributed by atoms with Crippen LogP contribution < -0.4 is 5.32 Å². The van der Waals surface area contributed by atoms with Crippen molar-refractivity contribution in [2.75, 3.05) is 11.9 Å². The molecular weight excluding hydrogens is 273 g/mol. The smallest absolute Gasteiger partial charge is 0.255 e. The van der Waals surface area contributed by atoms with Crippen LogP contribution in [0, 0.1) is 31.5 Å². The monoisotopic (exact) mass is 287 g/mol.